The monoisotopic (exact) mass is 240 g/mol. The predicted octanol–water partition coefficient (Wildman–Crippen LogP) is -0.533. The summed E-state index contributed by atoms with van der Waals surface area (Å²) < 4.78 is 0. The first-order chi connectivity index (χ1) is 7.91. The second-order valence-corrected chi connectivity index (χ2v) is 3.36. The Balaban J connectivity index is 2.86. The van der Waals surface area contributed by atoms with Crippen molar-refractivity contribution >= 4 is 23.4 Å². The van der Waals surface area contributed by atoms with Crippen LogP contribution in [0.2, 0.25) is 0 Å². The second kappa shape index (κ2) is 5.05. The van der Waals surface area contributed by atoms with Crippen LogP contribution in [-0.4, -0.2) is 46.3 Å². The van der Waals surface area contributed by atoms with Gasteiger partial charge in [0.15, 0.2) is 0 Å². The lowest BCUT2D eigenvalue weighted by Gasteiger charge is -2.11. The van der Waals surface area contributed by atoms with E-state index in [4.69, 9.17) is 5.73 Å². The molecule has 0 unspecified atom stereocenters. The van der Waals surface area contributed by atoms with Crippen LogP contribution in [0.3, 0.4) is 0 Å². The van der Waals surface area contributed by atoms with E-state index >= 15 is 0 Å². The van der Waals surface area contributed by atoms with Crippen molar-refractivity contribution in [3.05, 3.63) is 16.3 Å². The molecule has 92 valence electrons. The average molecular weight is 240 g/mol. The zero-order valence-electron chi connectivity index (χ0n) is 9.38. The molecule has 9 nitrogen and oxygen atoms in total. The Morgan fingerprint density at radius 3 is 2.82 bits per heavy atom. The van der Waals surface area contributed by atoms with Gasteiger partial charge < -0.3 is 16.0 Å². The summed E-state index contributed by atoms with van der Waals surface area (Å²) in [5, 5.41) is 13.2. The van der Waals surface area contributed by atoms with Crippen LogP contribution in [0.4, 0.5) is 17.5 Å². The predicted molar refractivity (Wildman–Crippen MR) is 60.3 cm³/mol. The molecule has 1 rings (SSSR count). The van der Waals surface area contributed by atoms with Gasteiger partial charge in [0.1, 0.15) is 6.20 Å². The van der Waals surface area contributed by atoms with E-state index in [2.05, 4.69) is 15.3 Å². The van der Waals surface area contributed by atoms with E-state index in [1.54, 1.807) is 14.1 Å². The number of nitrogens with zero attached hydrogens (tertiary/aromatic N) is 4. The number of nitrogens with two attached hydrogens (primary N) is 1. The van der Waals surface area contributed by atoms with Crippen molar-refractivity contribution in [3.8, 4) is 0 Å². The first-order valence-electron chi connectivity index (χ1n) is 4.62. The van der Waals surface area contributed by atoms with Gasteiger partial charge in [-0.25, -0.2) is 4.98 Å². The fraction of sp³-hybridized carbons (Fsp3) is 0.375. The van der Waals surface area contributed by atoms with E-state index in [-0.39, 0.29) is 29.9 Å². The fourth-order valence-corrected chi connectivity index (χ4v) is 0.970. The van der Waals surface area contributed by atoms with E-state index < -0.39 is 4.92 Å². The van der Waals surface area contributed by atoms with Crippen molar-refractivity contribution in [2.45, 2.75) is 0 Å². The molecular formula is C8H12N6O3. The third kappa shape index (κ3) is 3.26. The number of rotatable bonds is 4. The molecule has 0 aromatic carbocycles. The first-order valence-corrected chi connectivity index (χ1v) is 4.62. The Morgan fingerprint density at radius 2 is 2.29 bits per heavy atom. The van der Waals surface area contributed by atoms with Crippen molar-refractivity contribution < 1.29 is 9.72 Å². The number of nitrogens with one attached hydrogen (secondary N) is 1. The van der Waals surface area contributed by atoms with Crippen LogP contribution >= 0.6 is 0 Å². The number of hydrogen-bond acceptors (Lipinski definition) is 7. The van der Waals surface area contributed by atoms with Gasteiger partial charge in [0.2, 0.25) is 17.7 Å². The Kier molecular flexibility index (Phi) is 3.75. The number of carbonyl (C=O) groups excluding carboxylic acids is 1. The van der Waals surface area contributed by atoms with Gasteiger partial charge in [0, 0.05) is 14.1 Å². The van der Waals surface area contributed by atoms with Gasteiger partial charge in [-0.15, -0.1) is 0 Å². The smallest absolute Gasteiger partial charge is 0.329 e. The van der Waals surface area contributed by atoms with Crippen LogP contribution < -0.4 is 11.1 Å². The fourth-order valence-electron chi connectivity index (χ4n) is 0.970. The lowest BCUT2D eigenvalue weighted by molar-refractivity contribution is -0.384. The molecule has 1 aromatic rings. The number of nitro groups is 1. The summed E-state index contributed by atoms with van der Waals surface area (Å²) in [6.45, 7) is -0.107. The number of aromatic nitrogens is 2. The summed E-state index contributed by atoms with van der Waals surface area (Å²) in [7, 11) is 3.15. The summed E-state index contributed by atoms with van der Waals surface area (Å²) in [6, 6.07) is 0. The van der Waals surface area contributed by atoms with Crippen LogP contribution in [0.5, 0.6) is 0 Å². The number of likely N-dealkylation sites (N-methyl/N-ethyl adjacent to an activating group) is 1. The van der Waals surface area contributed by atoms with Crippen LogP contribution in [0.25, 0.3) is 0 Å². The van der Waals surface area contributed by atoms with Crippen LogP contribution in [0, 0.1) is 10.1 Å². The lowest BCUT2D eigenvalue weighted by Crippen LogP contribution is -2.29. The van der Waals surface area contributed by atoms with Crippen LogP contribution in [0.1, 0.15) is 0 Å². The number of anilines is 2. The summed E-state index contributed by atoms with van der Waals surface area (Å²) >= 11 is 0. The number of nitrogen functional groups attached to an aromatic ring is 1. The molecule has 0 fully saturated rings. The lowest BCUT2D eigenvalue weighted by atomic mass is 10.4. The maximum Gasteiger partial charge on any atom is 0.329 e. The molecule has 0 saturated carbocycles. The second-order valence-electron chi connectivity index (χ2n) is 3.36. The minimum atomic E-state index is -0.651. The number of hydrogen-bond donors (Lipinski definition) is 2. The highest BCUT2D eigenvalue weighted by Gasteiger charge is 2.17. The van der Waals surface area contributed by atoms with Gasteiger partial charge in [-0.2, -0.15) is 4.98 Å². The largest absolute Gasteiger partial charge is 0.368 e. The third-order valence-corrected chi connectivity index (χ3v) is 1.89. The van der Waals surface area contributed by atoms with Gasteiger partial charge in [-0.05, 0) is 0 Å². The van der Waals surface area contributed by atoms with Crippen molar-refractivity contribution in [1.82, 2.24) is 14.9 Å². The molecule has 9 heteroatoms. The number of amides is 1. The maximum atomic E-state index is 11.3. The molecule has 0 spiro atoms. The molecule has 17 heavy (non-hydrogen) atoms. The van der Waals surface area contributed by atoms with Gasteiger partial charge in [0.25, 0.3) is 0 Å². The molecule has 0 saturated heterocycles. The summed E-state index contributed by atoms with van der Waals surface area (Å²) in [6.07, 6.45) is 0.991. The minimum Gasteiger partial charge on any atom is -0.368 e. The van der Waals surface area contributed by atoms with E-state index in [9.17, 15) is 14.9 Å². The van der Waals surface area contributed by atoms with Crippen LogP contribution in [-0.2, 0) is 4.79 Å². The highest BCUT2D eigenvalue weighted by Crippen LogP contribution is 2.20. The van der Waals surface area contributed by atoms with Crippen molar-refractivity contribution in [2.75, 3.05) is 31.7 Å². The number of carbonyl (C=O) groups is 1. The molecule has 0 aliphatic rings. The molecule has 0 aliphatic heterocycles. The minimum absolute atomic E-state index is 0.0716. The molecule has 1 amide bonds. The van der Waals surface area contributed by atoms with E-state index in [0.29, 0.717) is 0 Å². The van der Waals surface area contributed by atoms with Gasteiger partial charge in [-0.3, -0.25) is 14.9 Å². The Hall–Kier alpha value is -2.45. The topological polar surface area (TPSA) is 127 Å². The average Bonchev–Trinajstić information content (AvgIpc) is 2.25. The zero-order chi connectivity index (χ0) is 13.0. The first kappa shape index (κ1) is 12.6. The zero-order valence-corrected chi connectivity index (χ0v) is 9.38. The Bertz CT molecular complexity index is 447. The van der Waals surface area contributed by atoms with E-state index in [1.807, 2.05) is 0 Å². The highest BCUT2D eigenvalue weighted by molar-refractivity contribution is 5.80. The van der Waals surface area contributed by atoms with Crippen molar-refractivity contribution in [2.24, 2.45) is 0 Å². The molecule has 0 atom stereocenters. The molecule has 1 aromatic heterocycles. The quantitative estimate of drug-likeness (QED) is 0.534. The molecule has 0 radical (unpaired) electrons. The summed E-state index contributed by atoms with van der Waals surface area (Å²) in [4.78, 5) is 29.8. The van der Waals surface area contributed by atoms with E-state index in [0.717, 1.165) is 6.20 Å². The van der Waals surface area contributed by atoms with Gasteiger partial charge >= 0.3 is 5.69 Å². The molecule has 0 aliphatic carbocycles. The highest BCUT2D eigenvalue weighted by atomic mass is 16.6. The van der Waals surface area contributed by atoms with E-state index in [1.165, 1.54) is 4.90 Å². The summed E-state index contributed by atoms with van der Waals surface area (Å²) in [5.41, 5.74) is 4.99. The normalized spacial score (nSPS) is 9.76. The maximum absolute atomic E-state index is 11.3. The third-order valence-electron chi connectivity index (χ3n) is 1.89. The Labute approximate surface area is 96.8 Å². The molecule has 0 bridgehead atoms. The molecular weight excluding hydrogens is 228 g/mol. The van der Waals surface area contributed by atoms with Gasteiger partial charge in [-0.1, -0.05) is 0 Å². The molecule has 3 N–H and O–H groups in total. The Morgan fingerprint density at radius 1 is 1.65 bits per heavy atom. The molecule has 1 heterocycles. The summed E-state index contributed by atoms with van der Waals surface area (Å²) in [5.74, 6) is -0.412. The standard InChI is InChI=1S/C8H12N6O3/c1-13(2)6(15)4-10-7-5(14(16)17)3-11-8(9)12-7/h3H,4H2,1-2H3,(H3,9,10,11,12). The SMILES string of the molecule is CN(C)C(=O)CNc1nc(N)ncc1[N+](=O)[O-]. The van der Waals surface area contributed by atoms with Gasteiger partial charge in [0.05, 0.1) is 11.5 Å². The van der Waals surface area contributed by atoms with Crippen molar-refractivity contribution in [3.63, 3.8) is 0 Å². The van der Waals surface area contributed by atoms with Crippen LogP contribution in [0.15, 0.2) is 6.20 Å². The van der Waals surface area contributed by atoms with Crippen molar-refractivity contribution in [1.29, 1.82) is 0 Å².